The summed E-state index contributed by atoms with van der Waals surface area (Å²) in [5.41, 5.74) is 2.96. The van der Waals surface area contributed by atoms with E-state index in [4.69, 9.17) is 0 Å². The molecule has 0 aliphatic rings. The zero-order valence-corrected chi connectivity index (χ0v) is 12.4. The molecule has 0 saturated carbocycles. The van der Waals surface area contributed by atoms with Crippen LogP contribution < -0.4 is 5.32 Å². The highest BCUT2D eigenvalue weighted by Crippen LogP contribution is 2.12. The van der Waals surface area contributed by atoms with Crippen molar-refractivity contribution in [3.63, 3.8) is 0 Å². The van der Waals surface area contributed by atoms with Gasteiger partial charge in [0, 0.05) is 12.6 Å². The fourth-order valence-electron chi connectivity index (χ4n) is 2.14. The smallest absolute Gasteiger partial charge is 0.0236 e. The Labute approximate surface area is 112 Å². The molecule has 1 rings (SSSR count). The van der Waals surface area contributed by atoms with Crippen molar-refractivity contribution in [3.05, 3.63) is 35.4 Å². The first-order valence-electron chi connectivity index (χ1n) is 7.19. The van der Waals surface area contributed by atoms with E-state index < -0.39 is 0 Å². The van der Waals surface area contributed by atoms with Gasteiger partial charge in [-0.05, 0) is 37.2 Å². The van der Waals surface area contributed by atoms with Gasteiger partial charge in [-0.25, -0.2) is 0 Å². The van der Waals surface area contributed by atoms with E-state index in [0.29, 0.717) is 6.04 Å². The number of nitrogens with one attached hydrogen (secondary N) is 1. The van der Waals surface area contributed by atoms with Crippen LogP contribution in [0.2, 0.25) is 0 Å². The van der Waals surface area contributed by atoms with Crippen molar-refractivity contribution in [2.45, 2.75) is 46.7 Å². The van der Waals surface area contributed by atoms with Crippen LogP contribution in [0.1, 0.15) is 38.8 Å². The average Bonchev–Trinajstić information content (AvgIpc) is 2.37. The van der Waals surface area contributed by atoms with Crippen LogP contribution in [0.4, 0.5) is 0 Å². The third-order valence-corrected chi connectivity index (χ3v) is 3.35. The topological polar surface area (TPSA) is 15.3 Å². The van der Waals surface area contributed by atoms with E-state index >= 15 is 0 Å². The van der Waals surface area contributed by atoms with Crippen molar-refractivity contribution in [2.75, 3.05) is 19.6 Å². The van der Waals surface area contributed by atoms with E-state index in [1.807, 2.05) is 0 Å². The van der Waals surface area contributed by atoms with E-state index in [1.165, 1.54) is 11.1 Å². The summed E-state index contributed by atoms with van der Waals surface area (Å²) in [4.78, 5) is 2.47. The van der Waals surface area contributed by atoms with Gasteiger partial charge >= 0.3 is 0 Å². The van der Waals surface area contributed by atoms with Gasteiger partial charge in [-0.3, -0.25) is 4.90 Å². The number of benzene rings is 1. The van der Waals surface area contributed by atoms with Crippen molar-refractivity contribution in [3.8, 4) is 0 Å². The van der Waals surface area contributed by atoms with Crippen molar-refractivity contribution < 1.29 is 0 Å². The Bertz CT molecular complexity index is 330. The molecule has 1 N–H and O–H groups in total. The largest absolute Gasteiger partial charge is 0.314 e. The monoisotopic (exact) mass is 248 g/mol. The first-order chi connectivity index (χ1) is 8.67. The van der Waals surface area contributed by atoms with Crippen molar-refractivity contribution >= 4 is 0 Å². The molecule has 0 radical (unpaired) electrons. The summed E-state index contributed by atoms with van der Waals surface area (Å²) in [6.07, 6.45) is 1.12. The van der Waals surface area contributed by atoms with Gasteiger partial charge in [0.25, 0.3) is 0 Å². The number of hydrogen-bond donors (Lipinski definition) is 1. The van der Waals surface area contributed by atoms with Crippen molar-refractivity contribution in [1.29, 1.82) is 0 Å². The molecule has 0 fully saturated rings. The minimum atomic E-state index is 0.569. The van der Waals surface area contributed by atoms with Gasteiger partial charge in [0.1, 0.15) is 0 Å². The summed E-state index contributed by atoms with van der Waals surface area (Å²) in [5.74, 6) is 0. The molecule has 0 atom stereocenters. The molecule has 2 heteroatoms. The molecule has 0 amide bonds. The minimum Gasteiger partial charge on any atom is -0.314 e. The molecule has 0 heterocycles. The van der Waals surface area contributed by atoms with Crippen molar-refractivity contribution in [2.24, 2.45) is 0 Å². The van der Waals surface area contributed by atoms with Crippen LogP contribution >= 0.6 is 0 Å². The summed E-state index contributed by atoms with van der Waals surface area (Å²) in [5, 5.41) is 3.49. The molecule has 102 valence electrons. The Morgan fingerprint density at radius 1 is 1.06 bits per heavy atom. The van der Waals surface area contributed by atoms with E-state index in [1.54, 1.807) is 0 Å². The van der Waals surface area contributed by atoms with Crippen LogP contribution in [0.3, 0.4) is 0 Å². The second-order valence-corrected chi connectivity index (χ2v) is 5.09. The molecule has 0 aliphatic carbocycles. The maximum atomic E-state index is 3.49. The summed E-state index contributed by atoms with van der Waals surface area (Å²) in [6.45, 7) is 13.2. The molecule has 0 unspecified atom stereocenters. The fourth-order valence-corrected chi connectivity index (χ4v) is 2.14. The lowest BCUT2D eigenvalue weighted by atomic mass is 10.0. The molecule has 1 aromatic carbocycles. The molecular formula is C16H28N2. The maximum Gasteiger partial charge on any atom is 0.0236 e. The molecule has 0 aliphatic heterocycles. The molecule has 0 aromatic heterocycles. The third kappa shape index (κ3) is 5.19. The number of rotatable bonds is 8. The SMILES string of the molecule is CCN(CC)Cc1ccccc1CCNC(C)C. The Balaban J connectivity index is 2.61. The van der Waals surface area contributed by atoms with Gasteiger partial charge in [0.2, 0.25) is 0 Å². The standard InChI is InChI=1S/C16H28N2/c1-5-18(6-2)13-16-10-8-7-9-15(16)11-12-17-14(3)4/h7-10,14,17H,5-6,11-13H2,1-4H3. The van der Waals surface area contributed by atoms with E-state index in [9.17, 15) is 0 Å². The van der Waals surface area contributed by atoms with Crippen LogP contribution in [0.5, 0.6) is 0 Å². The highest BCUT2D eigenvalue weighted by Gasteiger charge is 2.06. The van der Waals surface area contributed by atoms with Crippen molar-refractivity contribution in [1.82, 2.24) is 10.2 Å². The quantitative estimate of drug-likeness (QED) is 0.760. The van der Waals surface area contributed by atoms with Gasteiger partial charge in [-0.2, -0.15) is 0 Å². The molecular weight excluding hydrogens is 220 g/mol. The lowest BCUT2D eigenvalue weighted by Gasteiger charge is -2.20. The summed E-state index contributed by atoms with van der Waals surface area (Å²) in [6, 6.07) is 9.40. The maximum absolute atomic E-state index is 3.49. The average molecular weight is 248 g/mol. The summed E-state index contributed by atoms with van der Waals surface area (Å²) < 4.78 is 0. The Morgan fingerprint density at radius 3 is 2.22 bits per heavy atom. The van der Waals surface area contributed by atoms with Crippen LogP contribution in [-0.4, -0.2) is 30.6 Å². The second-order valence-electron chi connectivity index (χ2n) is 5.09. The Morgan fingerprint density at radius 2 is 1.67 bits per heavy atom. The first kappa shape index (κ1) is 15.2. The first-order valence-corrected chi connectivity index (χ1v) is 7.19. The molecule has 2 nitrogen and oxygen atoms in total. The van der Waals surface area contributed by atoms with Gasteiger partial charge in [0.05, 0.1) is 0 Å². The van der Waals surface area contributed by atoms with Gasteiger partial charge < -0.3 is 5.32 Å². The Kier molecular flexibility index (Phi) is 6.99. The van der Waals surface area contributed by atoms with E-state index in [-0.39, 0.29) is 0 Å². The minimum absolute atomic E-state index is 0.569. The van der Waals surface area contributed by atoms with Gasteiger partial charge in [-0.15, -0.1) is 0 Å². The van der Waals surface area contributed by atoms with Gasteiger partial charge in [-0.1, -0.05) is 52.0 Å². The summed E-state index contributed by atoms with van der Waals surface area (Å²) in [7, 11) is 0. The predicted octanol–water partition coefficient (Wildman–Crippen LogP) is 3.07. The molecule has 0 spiro atoms. The zero-order chi connectivity index (χ0) is 13.4. The lowest BCUT2D eigenvalue weighted by Crippen LogP contribution is -2.26. The predicted molar refractivity (Wildman–Crippen MR) is 79.9 cm³/mol. The van der Waals surface area contributed by atoms with Crippen LogP contribution in [-0.2, 0) is 13.0 Å². The molecule has 0 saturated heterocycles. The normalized spacial score (nSPS) is 11.4. The second kappa shape index (κ2) is 8.28. The molecule has 1 aromatic rings. The van der Waals surface area contributed by atoms with E-state index in [0.717, 1.165) is 32.6 Å². The lowest BCUT2D eigenvalue weighted by molar-refractivity contribution is 0.295. The highest BCUT2D eigenvalue weighted by molar-refractivity contribution is 5.27. The van der Waals surface area contributed by atoms with Crippen LogP contribution in [0.15, 0.2) is 24.3 Å². The van der Waals surface area contributed by atoms with E-state index in [2.05, 4.69) is 62.2 Å². The Hall–Kier alpha value is -0.860. The number of hydrogen-bond acceptors (Lipinski definition) is 2. The zero-order valence-electron chi connectivity index (χ0n) is 12.4. The fraction of sp³-hybridized carbons (Fsp3) is 0.625. The summed E-state index contributed by atoms with van der Waals surface area (Å²) >= 11 is 0. The van der Waals surface area contributed by atoms with Crippen LogP contribution in [0, 0.1) is 0 Å². The number of nitrogens with zero attached hydrogens (tertiary/aromatic N) is 1. The van der Waals surface area contributed by atoms with Gasteiger partial charge in [0.15, 0.2) is 0 Å². The van der Waals surface area contributed by atoms with Crippen LogP contribution in [0.25, 0.3) is 0 Å². The molecule has 18 heavy (non-hydrogen) atoms. The highest BCUT2D eigenvalue weighted by atomic mass is 15.1. The third-order valence-electron chi connectivity index (χ3n) is 3.35. The molecule has 0 bridgehead atoms.